The molecule has 1 aromatic carbocycles. The predicted molar refractivity (Wildman–Crippen MR) is 88.7 cm³/mol. The van der Waals surface area contributed by atoms with E-state index < -0.39 is 5.60 Å². The molecule has 0 aliphatic heterocycles. The van der Waals surface area contributed by atoms with Crippen LogP contribution in [0.1, 0.15) is 18.5 Å². The summed E-state index contributed by atoms with van der Waals surface area (Å²) in [5.74, 6) is 0.781. The van der Waals surface area contributed by atoms with Crippen LogP contribution in [0, 0.1) is 0 Å². The number of rotatable bonds is 6. The summed E-state index contributed by atoms with van der Waals surface area (Å²) in [6.07, 6.45) is 1.51. The Morgan fingerprint density at radius 2 is 2.17 bits per heavy atom. The van der Waals surface area contributed by atoms with Gasteiger partial charge in [0.1, 0.15) is 12.4 Å². The van der Waals surface area contributed by atoms with Gasteiger partial charge in [0.2, 0.25) is 0 Å². The largest absolute Gasteiger partial charge is 0.487 e. The lowest BCUT2D eigenvalue weighted by molar-refractivity contribution is 0.114. The van der Waals surface area contributed by atoms with Crippen LogP contribution in [-0.4, -0.2) is 40.2 Å². The van der Waals surface area contributed by atoms with Crippen LogP contribution in [0.3, 0.4) is 0 Å². The molecule has 23 heavy (non-hydrogen) atoms. The zero-order valence-corrected chi connectivity index (χ0v) is 13.7. The lowest BCUT2D eigenvalue weighted by atomic mass is 10.3. The molecule has 2 amide bonds. The van der Waals surface area contributed by atoms with Crippen molar-refractivity contribution in [1.29, 1.82) is 0 Å². The molecule has 3 rings (SSSR count). The number of nitrogens with zero attached hydrogens (tertiary/aromatic N) is 2. The first-order valence-electron chi connectivity index (χ1n) is 7.41. The summed E-state index contributed by atoms with van der Waals surface area (Å²) < 4.78 is 5.62. The van der Waals surface area contributed by atoms with E-state index in [2.05, 4.69) is 10.3 Å². The van der Waals surface area contributed by atoms with Gasteiger partial charge in [-0.25, -0.2) is 9.78 Å². The molecule has 0 bridgehead atoms. The minimum Gasteiger partial charge on any atom is -0.487 e. The Bertz CT molecular complexity index is 670. The second-order valence-electron chi connectivity index (χ2n) is 5.76. The molecular formula is C16H19N3O3S. The Balaban J connectivity index is 1.49. The summed E-state index contributed by atoms with van der Waals surface area (Å²) >= 11 is 1.35. The molecule has 7 heteroatoms. The quantitative estimate of drug-likeness (QED) is 0.852. The lowest BCUT2D eigenvalue weighted by Gasteiger charge is -2.20. The number of ether oxygens (including phenoxy) is 1. The molecule has 6 nitrogen and oxygen atoms in total. The molecule has 1 aliphatic rings. The van der Waals surface area contributed by atoms with Crippen molar-refractivity contribution in [3.8, 4) is 5.75 Å². The molecule has 2 aromatic rings. The zero-order valence-electron chi connectivity index (χ0n) is 12.9. The summed E-state index contributed by atoms with van der Waals surface area (Å²) in [6.45, 7) is 0.695. The Hall–Kier alpha value is -2.12. The van der Waals surface area contributed by atoms with Gasteiger partial charge in [0.25, 0.3) is 0 Å². The highest BCUT2D eigenvalue weighted by atomic mass is 32.1. The molecule has 1 saturated carbocycles. The average Bonchev–Trinajstić information content (AvgIpc) is 3.09. The lowest BCUT2D eigenvalue weighted by Crippen LogP contribution is -2.38. The van der Waals surface area contributed by atoms with Gasteiger partial charge in [0, 0.05) is 12.4 Å². The van der Waals surface area contributed by atoms with Crippen LogP contribution in [0.5, 0.6) is 5.75 Å². The maximum atomic E-state index is 12.0. The molecule has 1 heterocycles. The number of aromatic nitrogens is 1. The molecule has 0 spiro atoms. The molecule has 122 valence electrons. The van der Waals surface area contributed by atoms with Gasteiger partial charge in [-0.05, 0) is 25.0 Å². The smallest absolute Gasteiger partial charge is 0.323 e. The Kier molecular flexibility index (Phi) is 4.49. The van der Waals surface area contributed by atoms with E-state index >= 15 is 0 Å². The number of aliphatic hydroxyl groups is 1. The third-order valence-electron chi connectivity index (χ3n) is 3.60. The molecule has 1 fully saturated rings. The molecule has 1 aromatic heterocycles. The normalized spacial score (nSPS) is 15.0. The van der Waals surface area contributed by atoms with E-state index in [0.29, 0.717) is 18.3 Å². The van der Waals surface area contributed by atoms with E-state index in [1.54, 1.807) is 7.05 Å². The summed E-state index contributed by atoms with van der Waals surface area (Å²) in [4.78, 5) is 17.9. The molecule has 0 saturated heterocycles. The van der Waals surface area contributed by atoms with Crippen LogP contribution in [0.2, 0.25) is 0 Å². The van der Waals surface area contributed by atoms with Gasteiger partial charge in [0.05, 0.1) is 17.8 Å². The fourth-order valence-electron chi connectivity index (χ4n) is 2.11. The summed E-state index contributed by atoms with van der Waals surface area (Å²) in [5.41, 5.74) is 0.0709. The number of hydrogen-bond donors (Lipinski definition) is 2. The highest BCUT2D eigenvalue weighted by Gasteiger charge is 2.42. The monoisotopic (exact) mass is 333 g/mol. The maximum absolute atomic E-state index is 12.0. The SMILES string of the molecule is CN(CC1(O)CC1)C(=O)Nc1nc(COc2ccccc2)cs1. The van der Waals surface area contributed by atoms with Crippen molar-refractivity contribution in [2.24, 2.45) is 0 Å². The number of anilines is 1. The third-order valence-corrected chi connectivity index (χ3v) is 4.41. The number of thiazole rings is 1. The minimum atomic E-state index is -0.691. The molecule has 1 aliphatic carbocycles. The highest BCUT2D eigenvalue weighted by molar-refractivity contribution is 7.13. The minimum absolute atomic E-state index is 0.268. The molecule has 0 unspecified atom stereocenters. The summed E-state index contributed by atoms with van der Waals surface area (Å²) in [5, 5.41) is 15.0. The van der Waals surface area contributed by atoms with Crippen molar-refractivity contribution in [3.05, 3.63) is 41.4 Å². The van der Waals surface area contributed by atoms with E-state index in [1.165, 1.54) is 16.2 Å². The standard InChI is InChI=1S/C16H19N3O3S/c1-19(11-16(21)7-8-16)15(20)18-14-17-12(10-23-14)9-22-13-5-3-2-4-6-13/h2-6,10,21H,7-9,11H2,1H3,(H,17,18,20). The van der Waals surface area contributed by atoms with Crippen molar-refractivity contribution >= 4 is 22.5 Å². The van der Waals surface area contributed by atoms with Crippen LogP contribution in [0.25, 0.3) is 0 Å². The molecule has 0 radical (unpaired) electrons. The summed E-state index contributed by atoms with van der Waals surface area (Å²) in [6, 6.07) is 9.24. The van der Waals surface area contributed by atoms with Crippen LogP contribution >= 0.6 is 11.3 Å². The Morgan fingerprint density at radius 3 is 2.87 bits per heavy atom. The average molecular weight is 333 g/mol. The van der Waals surface area contributed by atoms with Crippen molar-refractivity contribution in [2.75, 3.05) is 18.9 Å². The van der Waals surface area contributed by atoms with Crippen LogP contribution in [0.15, 0.2) is 35.7 Å². The van der Waals surface area contributed by atoms with Crippen LogP contribution < -0.4 is 10.1 Å². The van der Waals surface area contributed by atoms with E-state index in [1.807, 2.05) is 35.7 Å². The van der Waals surface area contributed by atoms with Gasteiger partial charge < -0.3 is 14.7 Å². The van der Waals surface area contributed by atoms with Crippen molar-refractivity contribution in [3.63, 3.8) is 0 Å². The van der Waals surface area contributed by atoms with E-state index in [9.17, 15) is 9.90 Å². The first-order chi connectivity index (χ1) is 11.0. The van der Waals surface area contributed by atoms with Gasteiger partial charge in [0.15, 0.2) is 5.13 Å². The number of para-hydroxylation sites is 1. The van der Waals surface area contributed by atoms with Gasteiger partial charge >= 0.3 is 6.03 Å². The maximum Gasteiger partial charge on any atom is 0.323 e. The number of amides is 2. The van der Waals surface area contributed by atoms with E-state index in [-0.39, 0.29) is 6.03 Å². The first-order valence-corrected chi connectivity index (χ1v) is 8.29. The Morgan fingerprint density at radius 1 is 1.43 bits per heavy atom. The fourth-order valence-corrected chi connectivity index (χ4v) is 2.79. The number of likely N-dealkylation sites (N-methyl/N-ethyl adjacent to an activating group) is 1. The molecule has 0 atom stereocenters. The topological polar surface area (TPSA) is 74.7 Å². The first kappa shape index (κ1) is 15.8. The number of carbonyl (C=O) groups excluding carboxylic acids is 1. The predicted octanol–water partition coefficient (Wildman–Crippen LogP) is 2.71. The van der Waals surface area contributed by atoms with Gasteiger partial charge in [-0.1, -0.05) is 18.2 Å². The van der Waals surface area contributed by atoms with Crippen molar-refractivity contribution in [2.45, 2.75) is 25.0 Å². The number of benzene rings is 1. The van der Waals surface area contributed by atoms with Gasteiger partial charge in [-0.15, -0.1) is 11.3 Å². The number of hydrogen-bond acceptors (Lipinski definition) is 5. The summed E-state index contributed by atoms with van der Waals surface area (Å²) in [7, 11) is 1.67. The number of nitrogens with one attached hydrogen (secondary N) is 1. The molecule has 2 N–H and O–H groups in total. The number of urea groups is 1. The fraction of sp³-hybridized carbons (Fsp3) is 0.375. The number of carbonyl (C=O) groups is 1. The van der Waals surface area contributed by atoms with Gasteiger partial charge in [-0.3, -0.25) is 5.32 Å². The van der Waals surface area contributed by atoms with Crippen molar-refractivity contribution in [1.82, 2.24) is 9.88 Å². The third kappa shape index (κ3) is 4.43. The van der Waals surface area contributed by atoms with Crippen LogP contribution in [-0.2, 0) is 6.61 Å². The second-order valence-corrected chi connectivity index (χ2v) is 6.61. The Labute approximate surface area is 138 Å². The highest BCUT2D eigenvalue weighted by Crippen LogP contribution is 2.35. The van der Waals surface area contributed by atoms with Crippen molar-refractivity contribution < 1.29 is 14.6 Å². The van der Waals surface area contributed by atoms with Gasteiger partial charge in [-0.2, -0.15) is 0 Å². The second kappa shape index (κ2) is 6.55. The van der Waals surface area contributed by atoms with Crippen LogP contribution in [0.4, 0.5) is 9.93 Å². The van der Waals surface area contributed by atoms with E-state index in [4.69, 9.17) is 4.74 Å². The molecular weight excluding hydrogens is 314 g/mol. The van der Waals surface area contributed by atoms with E-state index in [0.717, 1.165) is 24.3 Å². The zero-order chi connectivity index (χ0) is 16.3.